The highest BCUT2D eigenvalue weighted by Gasteiger charge is 2.29. The van der Waals surface area contributed by atoms with Crippen molar-refractivity contribution in [3.8, 4) is 0 Å². The largest absolute Gasteiger partial charge is 0.381 e. The van der Waals surface area contributed by atoms with Crippen molar-refractivity contribution in [1.29, 1.82) is 0 Å². The highest BCUT2D eigenvalue weighted by atomic mass is 16.5. The van der Waals surface area contributed by atoms with E-state index in [1.165, 1.54) is 18.4 Å². The van der Waals surface area contributed by atoms with E-state index in [-0.39, 0.29) is 5.92 Å². The lowest BCUT2D eigenvalue weighted by Gasteiger charge is -2.30. The molecule has 3 nitrogen and oxygen atoms in total. The molecule has 1 aromatic rings. The summed E-state index contributed by atoms with van der Waals surface area (Å²) in [5, 5.41) is 0. The first-order valence-corrected chi connectivity index (χ1v) is 8.26. The first-order chi connectivity index (χ1) is 10.3. The van der Waals surface area contributed by atoms with Crippen LogP contribution in [0.2, 0.25) is 0 Å². The van der Waals surface area contributed by atoms with Crippen LogP contribution in [0.3, 0.4) is 0 Å². The molecule has 1 aromatic carbocycles. The van der Waals surface area contributed by atoms with Gasteiger partial charge in [0.1, 0.15) is 0 Å². The first-order valence-electron chi connectivity index (χ1n) is 8.26. The van der Waals surface area contributed by atoms with E-state index in [1.807, 2.05) is 0 Å². The van der Waals surface area contributed by atoms with Gasteiger partial charge in [0, 0.05) is 38.1 Å². The number of ether oxygens (including phenoxy) is 1. The molecule has 2 fully saturated rings. The van der Waals surface area contributed by atoms with Gasteiger partial charge in [0.15, 0.2) is 0 Å². The van der Waals surface area contributed by atoms with E-state index in [0.717, 1.165) is 45.6 Å². The van der Waals surface area contributed by atoms with Gasteiger partial charge >= 0.3 is 0 Å². The highest BCUT2D eigenvalue weighted by molar-refractivity contribution is 5.79. The molecule has 0 radical (unpaired) electrons. The van der Waals surface area contributed by atoms with Gasteiger partial charge in [-0.2, -0.15) is 0 Å². The maximum Gasteiger partial charge on any atom is 0.225 e. The van der Waals surface area contributed by atoms with E-state index < -0.39 is 0 Å². The molecule has 0 bridgehead atoms. The molecule has 0 spiro atoms. The van der Waals surface area contributed by atoms with E-state index in [2.05, 4.69) is 35.2 Å². The summed E-state index contributed by atoms with van der Waals surface area (Å²) in [6, 6.07) is 10.7. The minimum Gasteiger partial charge on any atom is -0.381 e. The van der Waals surface area contributed by atoms with Crippen LogP contribution in [0.15, 0.2) is 30.3 Å². The van der Waals surface area contributed by atoms with E-state index in [9.17, 15) is 4.79 Å². The number of hydrogen-bond acceptors (Lipinski definition) is 2. The standard InChI is InChI=1S/C18H25NO2/c20-18(16-9-12-21-13-10-16)19-11-5-4-8-17(14-19)15-6-2-1-3-7-15/h1-3,6-7,16-17H,4-5,8-14H2/t17-/m0/s1. The summed E-state index contributed by atoms with van der Waals surface area (Å²) < 4.78 is 5.38. The zero-order valence-corrected chi connectivity index (χ0v) is 12.7. The van der Waals surface area contributed by atoms with E-state index in [1.54, 1.807) is 0 Å². The highest BCUT2D eigenvalue weighted by Crippen LogP contribution is 2.28. The Morgan fingerprint density at radius 3 is 2.57 bits per heavy atom. The van der Waals surface area contributed by atoms with Crippen LogP contribution in [0, 0.1) is 5.92 Å². The molecule has 2 saturated heterocycles. The minimum atomic E-state index is 0.188. The van der Waals surface area contributed by atoms with Crippen LogP contribution in [0.4, 0.5) is 0 Å². The third kappa shape index (κ3) is 3.65. The number of likely N-dealkylation sites (tertiary alicyclic amines) is 1. The van der Waals surface area contributed by atoms with Crippen LogP contribution in [-0.2, 0) is 9.53 Å². The van der Waals surface area contributed by atoms with Crippen LogP contribution in [-0.4, -0.2) is 37.1 Å². The summed E-state index contributed by atoms with van der Waals surface area (Å²) in [6.45, 7) is 3.30. The zero-order chi connectivity index (χ0) is 14.5. The van der Waals surface area contributed by atoms with Gasteiger partial charge in [-0.1, -0.05) is 36.8 Å². The molecule has 3 rings (SSSR count). The number of amides is 1. The fourth-order valence-corrected chi connectivity index (χ4v) is 3.54. The predicted octanol–water partition coefficient (Wildman–Crippen LogP) is 3.21. The summed E-state index contributed by atoms with van der Waals surface area (Å²) in [7, 11) is 0. The maximum atomic E-state index is 12.8. The number of benzene rings is 1. The predicted molar refractivity (Wildman–Crippen MR) is 83.2 cm³/mol. The van der Waals surface area contributed by atoms with Crippen molar-refractivity contribution >= 4 is 5.91 Å². The second-order valence-electron chi connectivity index (χ2n) is 6.27. The Morgan fingerprint density at radius 1 is 1.05 bits per heavy atom. The van der Waals surface area contributed by atoms with Gasteiger partial charge in [-0.15, -0.1) is 0 Å². The molecule has 0 N–H and O–H groups in total. The molecule has 0 unspecified atom stereocenters. The summed E-state index contributed by atoms with van der Waals surface area (Å²) in [6.07, 6.45) is 5.34. The molecule has 2 aliphatic rings. The van der Waals surface area contributed by atoms with Crippen molar-refractivity contribution < 1.29 is 9.53 Å². The number of carbonyl (C=O) groups is 1. The van der Waals surface area contributed by atoms with Crippen molar-refractivity contribution in [2.24, 2.45) is 5.92 Å². The van der Waals surface area contributed by atoms with Gasteiger partial charge in [-0.3, -0.25) is 4.79 Å². The average Bonchev–Trinajstić information content (AvgIpc) is 2.82. The maximum absolute atomic E-state index is 12.8. The van der Waals surface area contributed by atoms with Gasteiger partial charge in [0.25, 0.3) is 0 Å². The summed E-state index contributed by atoms with van der Waals surface area (Å²) in [5.74, 6) is 1.05. The Kier molecular flexibility index (Phi) is 4.91. The fourth-order valence-electron chi connectivity index (χ4n) is 3.54. The number of carbonyl (C=O) groups excluding carboxylic acids is 1. The molecule has 2 heterocycles. The quantitative estimate of drug-likeness (QED) is 0.836. The lowest BCUT2D eigenvalue weighted by Crippen LogP contribution is -2.40. The Labute approximate surface area is 127 Å². The molecular weight excluding hydrogens is 262 g/mol. The van der Waals surface area contributed by atoms with Crippen LogP contribution in [0.1, 0.15) is 43.6 Å². The van der Waals surface area contributed by atoms with E-state index in [0.29, 0.717) is 11.8 Å². The molecule has 1 atom stereocenters. The molecule has 0 aromatic heterocycles. The topological polar surface area (TPSA) is 29.5 Å². The minimum absolute atomic E-state index is 0.188. The molecule has 0 aliphatic carbocycles. The zero-order valence-electron chi connectivity index (χ0n) is 12.7. The van der Waals surface area contributed by atoms with E-state index in [4.69, 9.17) is 4.74 Å². The van der Waals surface area contributed by atoms with Gasteiger partial charge in [-0.25, -0.2) is 0 Å². The van der Waals surface area contributed by atoms with Crippen molar-refractivity contribution in [3.63, 3.8) is 0 Å². The van der Waals surface area contributed by atoms with Crippen molar-refractivity contribution in [3.05, 3.63) is 35.9 Å². The van der Waals surface area contributed by atoms with Crippen LogP contribution < -0.4 is 0 Å². The van der Waals surface area contributed by atoms with Gasteiger partial charge in [0.05, 0.1) is 0 Å². The van der Waals surface area contributed by atoms with Crippen LogP contribution in [0.25, 0.3) is 0 Å². The van der Waals surface area contributed by atoms with Gasteiger partial charge in [0.2, 0.25) is 5.91 Å². The number of rotatable bonds is 2. The summed E-state index contributed by atoms with van der Waals surface area (Å²) in [4.78, 5) is 14.9. The number of nitrogens with zero attached hydrogens (tertiary/aromatic N) is 1. The number of hydrogen-bond donors (Lipinski definition) is 0. The van der Waals surface area contributed by atoms with Crippen LogP contribution >= 0.6 is 0 Å². The molecule has 0 saturated carbocycles. The van der Waals surface area contributed by atoms with Crippen molar-refractivity contribution in [1.82, 2.24) is 4.90 Å². The Bertz CT molecular complexity index is 454. The molecule has 2 aliphatic heterocycles. The molecule has 21 heavy (non-hydrogen) atoms. The lowest BCUT2D eigenvalue weighted by atomic mass is 9.93. The molecule has 1 amide bonds. The lowest BCUT2D eigenvalue weighted by molar-refractivity contribution is -0.138. The normalized spacial score (nSPS) is 24.6. The van der Waals surface area contributed by atoms with Gasteiger partial charge < -0.3 is 9.64 Å². The smallest absolute Gasteiger partial charge is 0.225 e. The molecular formula is C18H25NO2. The average molecular weight is 287 g/mol. The van der Waals surface area contributed by atoms with Crippen molar-refractivity contribution in [2.75, 3.05) is 26.3 Å². The second kappa shape index (κ2) is 7.08. The first kappa shape index (κ1) is 14.6. The van der Waals surface area contributed by atoms with Crippen molar-refractivity contribution in [2.45, 2.75) is 38.0 Å². The fraction of sp³-hybridized carbons (Fsp3) is 0.611. The second-order valence-corrected chi connectivity index (χ2v) is 6.27. The van der Waals surface area contributed by atoms with E-state index >= 15 is 0 Å². The Hall–Kier alpha value is -1.35. The Balaban J connectivity index is 1.68. The van der Waals surface area contributed by atoms with Gasteiger partial charge in [-0.05, 0) is 31.2 Å². The van der Waals surface area contributed by atoms with Crippen LogP contribution in [0.5, 0.6) is 0 Å². The monoisotopic (exact) mass is 287 g/mol. The third-order valence-corrected chi connectivity index (χ3v) is 4.82. The summed E-state index contributed by atoms with van der Waals surface area (Å²) >= 11 is 0. The summed E-state index contributed by atoms with van der Waals surface area (Å²) in [5.41, 5.74) is 1.38. The molecule has 114 valence electrons. The third-order valence-electron chi connectivity index (χ3n) is 4.82. The Morgan fingerprint density at radius 2 is 1.81 bits per heavy atom. The SMILES string of the molecule is O=C(C1CCOCC1)N1CCCC[C@H](c2ccccc2)C1. The molecule has 3 heteroatoms.